The van der Waals surface area contributed by atoms with Crippen LogP contribution in [0.5, 0.6) is 0 Å². The van der Waals surface area contributed by atoms with Crippen molar-refractivity contribution in [3.63, 3.8) is 0 Å². The fraction of sp³-hybridized carbons (Fsp3) is 0.0833. The van der Waals surface area contributed by atoms with Crippen molar-refractivity contribution in [1.82, 2.24) is 0 Å². The Morgan fingerprint density at radius 3 is 2.94 bits per heavy atom. The maximum absolute atomic E-state index is 13.0. The van der Waals surface area contributed by atoms with Crippen LogP contribution in [0.2, 0.25) is 0 Å². The standard InChI is InChI=1S/C12H10FNO2/c13-10-4-1-5-11(7-10)14-6-2-3-9(8-14)12(15)16/h1-7H,8H2,(H,15,16). The van der Waals surface area contributed by atoms with Gasteiger partial charge in [0.05, 0.1) is 12.1 Å². The number of nitrogens with zero attached hydrogens (tertiary/aromatic N) is 1. The highest BCUT2D eigenvalue weighted by Gasteiger charge is 2.14. The molecule has 0 spiro atoms. The molecule has 4 heteroatoms. The van der Waals surface area contributed by atoms with Crippen LogP contribution in [0, 0.1) is 5.82 Å². The first-order valence-electron chi connectivity index (χ1n) is 4.80. The van der Waals surface area contributed by atoms with Gasteiger partial charge in [-0.3, -0.25) is 0 Å². The summed E-state index contributed by atoms with van der Waals surface area (Å²) in [6, 6.07) is 6.05. The quantitative estimate of drug-likeness (QED) is 0.828. The van der Waals surface area contributed by atoms with Gasteiger partial charge in [0.2, 0.25) is 0 Å². The number of allylic oxidation sites excluding steroid dienone is 2. The number of halogens is 1. The summed E-state index contributed by atoms with van der Waals surface area (Å²) < 4.78 is 13.0. The molecule has 82 valence electrons. The van der Waals surface area contributed by atoms with Gasteiger partial charge in [0.1, 0.15) is 5.82 Å². The lowest BCUT2D eigenvalue weighted by Gasteiger charge is -2.23. The van der Waals surface area contributed by atoms with Gasteiger partial charge in [-0.2, -0.15) is 0 Å². The highest BCUT2D eigenvalue weighted by atomic mass is 19.1. The monoisotopic (exact) mass is 219 g/mol. The molecule has 0 unspecified atom stereocenters. The Labute approximate surface area is 92.1 Å². The van der Waals surface area contributed by atoms with Gasteiger partial charge in [0, 0.05) is 11.9 Å². The van der Waals surface area contributed by atoms with E-state index in [1.165, 1.54) is 18.2 Å². The molecule has 0 fully saturated rings. The zero-order valence-electron chi connectivity index (χ0n) is 8.43. The number of carboxylic acid groups (broad SMARTS) is 1. The molecular weight excluding hydrogens is 209 g/mol. The van der Waals surface area contributed by atoms with Crippen LogP contribution in [-0.4, -0.2) is 17.6 Å². The topological polar surface area (TPSA) is 40.5 Å². The smallest absolute Gasteiger partial charge is 0.333 e. The van der Waals surface area contributed by atoms with Crippen LogP contribution in [0.1, 0.15) is 0 Å². The molecule has 0 saturated carbocycles. The lowest BCUT2D eigenvalue weighted by atomic mass is 10.1. The number of anilines is 1. The van der Waals surface area contributed by atoms with Crippen molar-refractivity contribution >= 4 is 11.7 Å². The minimum atomic E-state index is -0.953. The Hall–Kier alpha value is -2.10. The van der Waals surface area contributed by atoms with Gasteiger partial charge in [-0.1, -0.05) is 6.07 Å². The zero-order chi connectivity index (χ0) is 11.5. The van der Waals surface area contributed by atoms with E-state index in [2.05, 4.69) is 0 Å². The Morgan fingerprint density at radius 2 is 2.25 bits per heavy atom. The summed E-state index contributed by atoms with van der Waals surface area (Å²) in [7, 11) is 0. The summed E-state index contributed by atoms with van der Waals surface area (Å²) in [4.78, 5) is 12.5. The molecule has 0 saturated heterocycles. The largest absolute Gasteiger partial charge is 0.478 e. The summed E-state index contributed by atoms with van der Waals surface area (Å²) in [6.07, 6.45) is 4.90. The Kier molecular flexibility index (Phi) is 2.72. The molecule has 1 N–H and O–H groups in total. The molecule has 0 aromatic heterocycles. The summed E-state index contributed by atoms with van der Waals surface area (Å²) in [5.41, 5.74) is 0.926. The Balaban J connectivity index is 2.23. The number of hydrogen-bond donors (Lipinski definition) is 1. The Bertz CT molecular complexity index is 480. The molecule has 0 atom stereocenters. The van der Waals surface area contributed by atoms with E-state index in [4.69, 9.17) is 5.11 Å². The minimum Gasteiger partial charge on any atom is -0.478 e. The first kappa shape index (κ1) is 10.4. The highest BCUT2D eigenvalue weighted by molar-refractivity contribution is 5.88. The predicted molar refractivity (Wildman–Crippen MR) is 58.6 cm³/mol. The van der Waals surface area contributed by atoms with Crippen LogP contribution in [0.3, 0.4) is 0 Å². The molecule has 0 radical (unpaired) electrons. The number of hydrogen-bond acceptors (Lipinski definition) is 2. The second-order valence-corrected chi connectivity index (χ2v) is 3.45. The maximum Gasteiger partial charge on any atom is 0.333 e. The summed E-state index contributed by atoms with van der Waals surface area (Å²) >= 11 is 0. The minimum absolute atomic E-state index is 0.245. The van der Waals surface area contributed by atoms with Gasteiger partial charge < -0.3 is 10.0 Å². The van der Waals surface area contributed by atoms with E-state index in [0.29, 0.717) is 5.69 Å². The fourth-order valence-corrected chi connectivity index (χ4v) is 1.52. The number of carbonyl (C=O) groups is 1. The van der Waals surface area contributed by atoms with Crippen molar-refractivity contribution in [2.75, 3.05) is 11.4 Å². The molecule has 1 aromatic carbocycles. The van der Waals surface area contributed by atoms with Gasteiger partial charge >= 0.3 is 5.97 Å². The molecule has 1 heterocycles. The van der Waals surface area contributed by atoms with Crippen molar-refractivity contribution in [1.29, 1.82) is 0 Å². The van der Waals surface area contributed by atoms with Crippen LogP contribution >= 0.6 is 0 Å². The molecule has 2 rings (SSSR count). The lowest BCUT2D eigenvalue weighted by molar-refractivity contribution is -0.132. The van der Waals surface area contributed by atoms with Crippen molar-refractivity contribution in [2.45, 2.75) is 0 Å². The van der Waals surface area contributed by atoms with Crippen molar-refractivity contribution < 1.29 is 14.3 Å². The Morgan fingerprint density at radius 1 is 1.44 bits per heavy atom. The number of benzene rings is 1. The highest BCUT2D eigenvalue weighted by Crippen LogP contribution is 2.19. The molecule has 1 aromatic rings. The van der Waals surface area contributed by atoms with Crippen LogP contribution in [0.25, 0.3) is 0 Å². The second-order valence-electron chi connectivity index (χ2n) is 3.45. The van der Waals surface area contributed by atoms with Crippen molar-refractivity contribution in [3.05, 3.63) is 54.0 Å². The van der Waals surface area contributed by atoms with Gasteiger partial charge in [0.25, 0.3) is 0 Å². The molecule has 3 nitrogen and oxygen atoms in total. The normalized spacial score (nSPS) is 14.8. The lowest BCUT2D eigenvalue weighted by Crippen LogP contribution is -2.24. The second kappa shape index (κ2) is 4.18. The van der Waals surface area contributed by atoms with Crippen molar-refractivity contribution in [2.24, 2.45) is 0 Å². The first-order valence-corrected chi connectivity index (χ1v) is 4.80. The molecule has 16 heavy (non-hydrogen) atoms. The summed E-state index contributed by atoms with van der Waals surface area (Å²) in [6.45, 7) is 0.245. The molecule has 0 bridgehead atoms. The van der Waals surface area contributed by atoms with Crippen LogP contribution in [-0.2, 0) is 4.79 Å². The maximum atomic E-state index is 13.0. The van der Waals surface area contributed by atoms with E-state index in [0.717, 1.165) is 0 Å². The fourth-order valence-electron chi connectivity index (χ4n) is 1.52. The third-order valence-electron chi connectivity index (χ3n) is 2.32. The first-order chi connectivity index (χ1) is 7.66. The van der Waals surface area contributed by atoms with E-state index in [-0.39, 0.29) is 17.9 Å². The SMILES string of the molecule is O=C(O)C1=CC=CN(c2cccc(F)c2)C1. The van der Waals surface area contributed by atoms with E-state index < -0.39 is 5.97 Å². The van der Waals surface area contributed by atoms with Gasteiger partial charge in [-0.05, 0) is 30.4 Å². The average Bonchev–Trinajstić information content (AvgIpc) is 2.29. The zero-order valence-corrected chi connectivity index (χ0v) is 8.43. The van der Waals surface area contributed by atoms with Crippen LogP contribution < -0.4 is 4.90 Å². The van der Waals surface area contributed by atoms with Crippen LogP contribution in [0.4, 0.5) is 10.1 Å². The number of aliphatic carboxylic acids is 1. The number of carboxylic acids is 1. The average molecular weight is 219 g/mol. The third kappa shape index (κ3) is 2.11. The number of rotatable bonds is 2. The summed E-state index contributed by atoms with van der Waals surface area (Å²) in [5.74, 6) is -1.29. The van der Waals surface area contributed by atoms with E-state index >= 15 is 0 Å². The molecule has 1 aliphatic heterocycles. The molecule has 0 amide bonds. The molecular formula is C12H10FNO2. The van der Waals surface area contributed by atoms with E-state index in [1.54, 1.807) is 29.3 Å². The van der Waals surface area contributed by atoms with E-state index in [1.807, 2.05) is 0 Å². The third-order valence-corrected chi connectivity index (χ3v) is 2.32. The van der Waals surface area contributed by atoms with Gasteiger partial charge in [0.15, 0.2) is 0 Å². The predicted octanol–water partition coefficient (Wildman–Crippen LogP) is 2.17. The van der Waals surface area contributed by atoms with Gasteiger partial charge in [-0.25, -0.2) is 9.18 Å². The molecule has 0 aliphatic carbocycles. The molecule has 1 aliphatic rings. The summed E-state index contributed by atoms with van der Waals surface area (Å²) in [5, 5.41) is 8.85. The van der Waals surface area contributed by atoms with Gasteiger partial charge in [-0.15, -0.1) is 0 Å². The van der Waals surface area contributed by atoms with E-state index in [9.17, 15) is 9.18 Å². The van der Waals surface area contributed by atoms with Crippen LogP contribution in [0.15, 0.2) is 48.2 Å². The van der Waals surface area contributed by atoms with Crippen molar-refractivity contribution in [3.8, 4) is 0 Å².